The Morgan fingerprint density at radius 3 is 2.40 bits per heavy atom. The van der Waals surface area contributed by atoms with Crippen molar-refractivity contribution in [2.45, 2.75) is 36.6 Å². The van der Waals surface area contributed by atoms with E-state index in [1.165, 1.54) is 6.26 Å². The molecule has 0 radical (unpaired) electrons. The van der Waals surface area contributed by atoms with Crippen molar-refractivity contribution >= 4 is 9.84 Å². The molecule has 1 aliphatic carbocycles. The third-order valence-corrected chi connectivity index (χ3v) is 4.56. The maximum atomic E-state index is 11.4. The van der Waals surface area contributed by atoms with Crippen LogP contribution in [0.5, 0.6) is 0 Å². The summed E-state index contributed by atoms with van der Waals surface area (Å²) in [5, 5.41) is 20.4. The quantitative estimate of drug-likeness (QED) is 0.565. The molecule has 1 rings (SSSR count). The lowest BCUT2D eigenvalue weighted by Crippen LogP contribution is -2.48. The van der Waals surface area contributed by atoms with Crippen molar-refractivity contribution in [1.82, 2.24) is 5.32 Å². The molecule has 0 aromatic carbocycles. The molecule has 0 aromatic heterocycles. The van der Waals surface area contributed by atoms with Crippen LogP contribution in [0.15, 0.2) is 0 Å². The van der Waals surface area contributed by atoms with Crippen LogP contribution in [0.1, 0.15) is 19.3 Å². The van der Waals surface area contributed by atoms with Crippen LogP contribution in [0, 0.1) is 0 Å². The second-order valence-corrected chi connectivity index (χ2v) is 6.40. The van der Waals surface area contributed by atoms with Gasteiger partial charge in [0.1, 0.15) is 0 Å². The lowest BCUT2D eigenvalue weighted by atomic mass is 10.2. The largest absolute Gasteiger partial charge is 0.395 e. The minimum Gasteiger partial charge on any atom is -0.395 e. The van der Waals surface area contributed by atoms with Crippen LogP contribution < -0.4 is 5.32 Å². The topological polar surface area (TPSA) is 86.6 Å². The van der Waals surface area contributed by atoms with Crippen LogP contribution in [0.3, 0.4) is 0 Å². The number of hydrogen-bond donors (Lipinski definition) is 3. The summed E-state index contributed by atoms with van der Waals surface area (Å²) in [5.74, 6) is 0. The van der Waals surface area contributed by atoms with E-state index in [0.717, 1.165) is 12.8 Å². The van der Waals surface area contributed by atoms with Crippen molar-refractivity contribution < 1.29 is 18.6 Å². The number of rotatable bonds is 5. The summed E-state index contributed by atoms with van der Waals surface area (Å²) in [7, 11) is -3.04. The Bertz CT molecular complexity index is 286. The normalized spacial score (nSPS) is 27.5. The molecule has 0 amide bonds. The van der Waals surface area contributed by atoms with Crippen LogP contribution in [-0.4, -0.2) is 55.4 Å². The second-order valence-electron chi connectivity index (χ2n) is 4.13. The standard InChI is InChI=1S/C9H19NO4S/c1-15(13,14)9-4-2-3-8(9)10-7(5-11)6-12/h7-12H,2-6H2,1H3. The van der Waals surface area contributed by atoms with Crippen molar-refractivity contribution in [3.8, 4) is 0 Å². The van der Waals surface area contributed by atoms with E-state index in [9.17, 15) is 8.42 Å². The van der Waals surface area contributed by atoms with Gasteiger partial charge < -0.3 is 15.5 Å². The molecule has 0 heterocycles. The molecule has 0 aliphatic heterocycles. The van der Waals surface area contributed by atoms with Crippen LogP contribution in [-0.2, 0) is 9.84 Å². The predicted octanol–water partition coefficient (Wildman–Crippen LogP) is -1.11. The highest BCUT2D eigenvalue weighted by Gasteiger charge is 2.35. The van der Waals surface area contributed by atoms with E-state index in [1.54, 1.807) is 0 Å². The lowest BCUT2D eigenvalue weighted by molar-refractivity contribution is 0.162. The molecule has 15 heavy (non-hydrogen) atoms. The molecule has 0 spiro atoms. The summed E-state index contributed by atoms with van der Waals surface area (Å²) in [6, 6.07) is -0.554. The molecular weight excluding hydrogens is 218 g/mol. The van der Waals surface area contributed by atoms with Gasteiger partial charge >= 0.3 is 0 Å². The van der Waals surface area contributed by atoms with Gasteiger partial charge in [-0.25, -0.2) is 8.42 Å². The van der Waals surface area contributed by atoms with Crippen molar-refractivity contribution in [2.24, 2.45) is 0 Å². The molecule has 6 heteroatoms. The monoisotopic (exact) mass is 237 g/mol. The fourth-order valence-corrected chi connectivity index (χ4v) is 3.50. The van der Waals surface area contributed by atoms with Gasteiger partial charge in [0.2, 0.25) is 0 Å². The maximum Gasteiger partial charge on any atom is 0.151 e. The number of sulfone groups is 1. The van der Waals surface area contributed by atoms with Crippen LogP contribution in [0.25, 0.3) is 0 Å². The molecule has 0 bridgehead atoms. The van der Waals surface area contributed by atoms with Crippen molar-refractivity contribution in [3.63, 3.8) is 0 Å². The number of hydrogen-bond acceptors (Lipinski definition) is 5. The predicted molar refractivity (Wildman–Crippen MR) is 57.4 cm³/mol. The van der Waals surface area contributed by atoms with E-state index >= 15 is 0 Å². The SMILES string of the molecule is CS(=O)(=O)C1CCCC1NC(CO)CO. The summed E-state index contributed by atoms with van der Waals surface area (Å²) in [5.41, 5.74) is 0. The Hall–Kier alpha value is -0.170. The highest BCUT2D eigenvalue weighted by atomic mass is 32.2. The summed E-state index contributed by atoms with van der Waals surface area (Å²) >= 11 is 0. The van der Waals surface area contributed by atoms with Gasteiger partial charge in [0.05, 0.1) is 24.5 Å². The van der Waals surface area contributed by atoms with Gasteiger partial charge in [-0.2, -0.15) is 0 Å². The minimum atomic E-state index is -3.04. The summed E-state index contributed by atoms with van der Waals surface area (Å²) < 4.78 is 22.9. The van der Waals surface area contributed by atoms with Crippen molar-refractivity contribution in [1.29, 1.82) is 0 Å². The van der Waals surface area contributed by atoms with Gasteiger partial charge in [0.15, 0.2) is 9.84 Å². The molecule has 1 fully saturated rings. The van der Waals surface area contributed by atoms with E-state index in [0.29, 0.717) is 6.42 Å². The first kappa shape index (κ1) is 12.9. The average Bonchev–Trinajstić information content (AvgIpc) is 2.61. The Morgan fingerprint density at radius 2 is 1.93 bits per heavy atom. The smallest absolute Gasteiger partial charge is 0.151 e. The van der Waals surface area contributed by atoms with E-state index in [4.69, 9.17) is 10.2 Å². The summed E-state index contributed by atoms with van der Waals surface area (Å²) in [6.07, 6.45) is 3.57. The van der Waals surface area contributed by atoms with Crippen molar-refractivity contribution in [2.75, 3.05) is 19.5 Å². The van der Waals surface area contributed by atoms with Gasteiger partial charge in [0.25, 0.3) is 0 Å². The molecule has 2 unspecified atom stereocenters. The molecule has 1 saturated carbocycles. The molecule has 90 valence electrons. The zero-order valence-electron chi connectivity index (χ0n) is 8.89. The van der Waals surface area contributed by atoms with E-state index < -0.39 is 15.9 Å². The Balaban J connectivity index is 2.61. The fourth-order valence-electron chi connectivity index (χ4n) is 2.10. The first-order valence-corrected chi connectivity index (χ1v) is 7.11. The van der Waals surface area contributed by atoms with Crippen LogP contribution in [0.2, 0.25) is 0 Å². The number of aliphatic hydroxyl groups is 2. The Kier molecular flexibility index (Phi) is 4.51. The minimum absolute atomic E-state index is 0.135. The average molecular weight is 237 g/mol. The fraction of sp³-hybridized carbons (Fsp3) is 1.00. The third-order valence-electron chi connectivity index (χ3n) is 2.89. The van der Waals surface area contributed by atoms with Crippen molar-refractivity contribution in [3.05, 3.63) is 0 Å². The van der Waals surface area contributed by atoms with Gasteiger partial charge in [-0.1, -0.05) is 6.42 Å². The molecule has 5 nitrogen and oxygen atoms in total. The first-order chi connectivity index (χ1) is 6.99. The van der Waals surface area contributed by atoms with Gasteiger partial charge in [-0.05, 0) is 12.8 Å². The van der Waals surface area contributed by atoms with Gasteiger partial charge in [0, 0.05) is 12.3 Å². The molecule has 0 aromatic rings. The van der Waals surface area contributed by atoms with E-state index in [-0.39, 0.29) is 24.5 Å². The van der Waals surface area contributed by atoms with Gasteiger partial charge in [-0.15, -0.1) is 0 Å². The Morgan fingerprint density at radius 1 is 1.33 bits per heavy atom. The molecule has 0 saturated heterocycles. The lowest BCUT2D eigenvalue weighted by Gasteiger charge is -2.23. The third kappa shape index (κ3) is 3.41. The molecular formula is C9H19NO4S. The summed E-state index contributed by atoms with van der Waals surface area (Å²) in [6.45, 7) is -0.354. The van der Waals surface area contributed by atoms with Crippen LogP contribution >= 0.6 is 0 Å². The first-order valence-electron chi connectivity index (χ1n) is 5.15. The van der Waals surface area contributed by atoms with Crippen LogP contribution in [0.4, 0.5) is 0 Å². The zero-order chi connectivity index (χ0) is 11.5. The highest BCUT2D eigenvalue weighted by Crippen LogP contribution is 2.25. The maximum absolute atomic E-state index is 11.4. The molecule has 2 atom stereocenters. The molecule has 3 N–H and O–H groups in total. The highest BCUT2D eigenvalue weighted by molar-refractivity contribution is 7.91. The number of nitrogens with one attached hydrogen (secondary N) is 1. The second kappa shape index (κ2) is 5.25. The molecule has 1 aliphatic rings. The number of aliphatic hydroxyl groups excluding tert-OH is 2. The zero-order valence-corrected chi connectivity index (χ0v) is 9.70. The summed E-state index contributed by atoms with van der Waals surface area (Å²) in [4.78, 5) is 0. The Labute approximate surface area is 90.4 Å². The van der Waals surface area contributed by atoms with E-state index in [2.05, 4.69) is 5.32 Å². The van der Waals surface area contributed by atoms with Gasteiger partial charge in [-0.3, -0.25) is 0 Å². The van der Waals surface area contributed by atoms with E-state index in [1.807, 2.05) is 0 Å².